The van der Waals surface area contributed by atoms with E-state index in [4.69, 9.17) is 14.2 Å². The van der Waals surface area contributed by atoms with Crippen molar-refractivity contribution in [3.63, 3.8) is 0 Å². The predicted octanol–water partition coefficient (Wildman–Crippen LogP) is 3.89. The van der Waals surface area contributed by atoms with Gasteiger partial charge in [0.15, 0.2) is 5.82 Å². The number of rotatable bonds is 15. The smallest absolute Gasteiger partial charge is 0.320 e. The van der Waals surface area contributed by atoms with Gasteiger partial charge in [-0.15, -0.1) is 0 Å². The van der Waals surface area contributed by atoms with Crippen molar-refractivity contribution in [2.45, 2.75) is 45.1 Å². The molecule has 0 saturated carbocycles. The van der Waals surface area contributed by atoms with Gasteiger partial charge in [-0.3, -0.25) is 39.6 Å². The maximum atomic E-state index is 13.3. The van der Waals surface area contributed by atoms with Crippen molar-refractivity contribution < 1.29 is 38.2 Å². The number of hydrogen-bond acceptors (Lipinski definition) is 13. The lowest BCUT2D eigenvalue weighted by Crippen LogP contribution is -2.54. The van der Waals surface area contributed by atoms with E-state index < -0.39 is 29.7 Å². The van der Waals surface area contributed by atoms with Crippen LogP contribution in [0.2, 0.25) is 0 Å². The van der Waals surface area contributed by atoms with Gasteiger partial charge in [-0.1, -0.05) is 48.0 Å². The summed E-state index contributed by atoms with van der Waals surface area (Å²) in [6.45, 7) is 5.09. The molecule has 16 nitrogen and oxygen atoms in total. The van der Waals surface area contributed by atoms with E-state index in [0.717, 1.165) is 27.4 Å². The number of morpholine rings is 1. The molecule has 3 aromatic carbocycles. The summed E-state index contributed by atoms with van der Waals surface area (Å²) in [5.41, 5.74) is 6.93. The highest BCUT2D eigenvalue weighted by Gasteiger charge is 2.46. The lowest BCUT2D eigenvalue weighted by atomic mass is 10.0. The zero-order valence-electron chi connectivity index (χ0n) is 31.4. The second-order valence-corrected chi connectivity index (χ2v) is 13.7. The summed E-state index contributed by atoms with van der Waals surface area (Å²) < 4.78 is 17.4. The molecule has 3 aliphatic rings. The van der Waals surface area contributed by atoms with Gasteiger partial charge >= 0.3 is 6.01 Å². The molecule has 4 heterocycles. The number of nitrogens with zero attached hydrogens (tertiary/aromatic N) is 5. The third-order valence-corrected chi connectivity index (χ3v) is 9.56. The number of aromatic nitrogens is 2. The topological polar surface area (TPSA) is 194 Å². The van der Waals surface area contributed by atoms with Crippen molar-refractivity contribution in [3.8, 4) is 11.8 Å². The van der Waals surface area contributed by atoms with Gasteiger partial charge < -0.3 is 24.4 Å². The molecule has 7 rings (SSSR count). The minimum absolute atomic E-state index is 0.0300. The number of nitrogens with one attached hydrogen (secondary N) is 3. The van der Waals surface area contributed by atoms with Gasteiger partial charge in [0.1, 0.15) is 17.6 Å². The quantitative estimate of drug-likeness (QED) is 0.0684. The maximum absolute atomic E-state index is 13.3. The molecule has 0 spiro atoms. The zero-order chi connectivity index (χ0) is 39.7. The van der Waals surface area contributed by atoms with Crippen LogP contribution in [0.15, 0.2) is 77.9 Å². The average Bonchev–Trinajstić information content (AvgIpc) is 3.46. The second-order valence-electron chi connectivity index (χ2n) is 13.7. The average molecular weight is 775 g/mol. The molecule has 0 radical (unpaired) electrons. The predicted molar refractivity (Wildman–Crippen MR) is 210 cm³/mol. The number of carbonyl (C=O) groups is 5. The van der Waals surface area contributed by atoms with E-state index in [1.165, 1.54) is 6.07 Å². The summed E-state index contributed by atoms with van der Waals surface area (Å²) in [5.74, 6) is -1.19. The first-order chi connectivity index (χ1) is 27.7. The molecular weight excluding hydrogens is 732 g/mol. The largest absolute Gasteiger partial charge is 0.493 e. The monoisotopic (exact) mass is 774 g/mol. The molecule has 57 heavy (non-hydrogen) atoms. The van der Waals surface area contributed by atoms with E-state index >= 15 is 0 Å². The van der Waals surface area contributed by atoms with Crippen molar-refractivity contribution in [1.29, 1.82) is 0 Å². The first kappa shape index (κ1) is 38.6. The highest BCUT2D eigenvalue weighted by atomic mass is 16.5. The Kier molecular flexibility index (Phi) is 12.1. The summed E-state index contributed by atoms with van der Waals surface area (Å²) >= 11 is 0. The Hall–Kier alpha value is -6.68. The highest BCUT2D eigenvalue weighted by Crippen LogP contribution is 2.34. The van der Waals surface area contributed by atoms with Gasteiger partial charge in [0.05, 0.1) is 43.8 Å². The van der Waals surface area contributed by atoms with Gasteiger partial charge in [0, 0.05) is 44.1 Å². The summed E-state index contributed by atoms with van der Waals surface area (Å²) in [6, 6.07) is 21.1. The number of benzene rings is 3. The molecule has 16 heteroatoms. The van der Waals surface area contributed by atoms with Crippen LogP contribution in [0.3, 0.4) is 0 Å². The van der Waals surface area contributed by atoms with Crippen LogP contribution in [-0.4, -0.2) is 96.2 Å². The van der Waals surface area contributed by atoms with Crippen LogP contribution in [0.1, 0.15) is 63.1 Å². The normalized spacial score (nSPS) is 16.8. The highest BCUT2D eigenvalue weighted by molar-refractivity contribution is 6.24. The van der Waals surface area contributed by atoms with Crippen molar-refractivity contribution in [2.24, 2.45) is 5.10 Å². The number of imide groups is 2. The molecule has 0 bridgehead atoms. The minimum atomic E-state index is -1.07. The zero-order valence-corrected chi connectivity index (χ0v) is 31.4. The summed E-state index contributed by atoms with van der Waals surface area (Å²) in [6.07, 6.45) is 2.89. The van der Waals surface area contributed by atoms with E-state index in [-0.39, 0.29) is 54.7 Å². The molecule has 2 fully saturated rings. The second kappa shape index (κ2) is 17.8. The van der Waals surface area contributed by atoms with Crippen molar-refractivity contribution in [2.75, 3.05) is 55.2 Å². The van der Waals surface area contributed by atoms with Gasteiger partial charge in [0.2, 0.25) is 17.7 Å². The number of anilines is 3. The molecule has 1 aromatic heterocycles. The van der Waals surface area contributed by atoms with E-state index in [0.29, 0.717) is 57.3 Å². The summed E-state index contributed by atoms with van der Waals surface area (Å²) in [5, 5.41) is 9.43. The van der Waals surface area contributed by atoms with Gasteiger partial charge in [0.25, 0.3) is 11.8 Å². The van der Waals surface area contributed by atoms with Gasteiger partial charge in [-0.05, 0) is 55.2 Å². The molecule has 3 N–H and O–H groups in total. The fourth-order valence-electron chi connectivity index (χ4n) is 6.67. The Morgan fingerprint density at radius 2 is 1.77 bits per heavy atom. The number of hydrogen-bond donors (Lipinski definition) is 3. The van der Waals surface area contributed by atoms with Gasteiger partial charge in [-0.2, -0.15) is 15.1 Å². The Balaban J connectivity index is 0.871. The molecule has 1 unspecified atom stereocenters. The van der Waals surface area contributed by atoms with Crippen LogP contribution < -0.4 is 30.4 Å². The molecule has 3 aliphatic heterocycles. The molecule has 294 valence electrons. The first-order valence-corrected chi connectivity index (χ1v) is 18.8. The number of aryl methyl sites for hydroxylation is 1. The molecular formula is C41H42N8O8. The van der Waals surface area contributed by atoms with Crippen LogP contribution in [0, 0.1) is 6.92 Å². The number of fused-ring (bicyclic) bond motifs is 1. The number of ether oxygens (including phenoxy) is 3. The van der Waals surface area contributed by atoms with Crippen LogP contribution in [0.5, 0.6) is 11.8 Å². The van der Waals surface area contributed by atoms with E-state index in [2.05, 4.69) is 36.0 Å². The van der Waals surface area contributed by atoms with Crippen molar-refractivity contribution in [3.05, 3.63) is 101 Å². The molecule has 5 amide bonds. The third-order valence-electron chi connectivity index (χ3n) is 9.56. The van der Waals surface area contributed by atoms with Crippen molar-refractivity contribution in [1.82, 2.24) is 20.2 Å². The van der Waals surface area contributed by atoms with E-state index in [1.807, 2.05) is 61.5 Å². The Labute approximate surface area is 328 Å². The summed E-state index contributed by atoms with van der Waals surface area (Å²) in [4.78, 5) is 75.2. The first-order valence-electron chi connectivity index (χ1n) is 18.8. The number of hydrazone groups is 1. The lowest BCUT2D eigenvalue weighted by molar-refractivity contribution is -0.136. The number of amides is 5. The Morgan fingerprint density at radius 1 is 0.965 bits per heavy atom. The third kappa shape index (κ3) is 9.59. The van der Waals surface area contributed by atoms with E-state index in [1.54, 1.807) is 18.3 Å². The Morgan fingerprint density at radius 3 is 2.56 bits per heavy atom. The molecule has 2 saturated heterocycles. The standard InChI is InChI=1S/C41H42N8O8/c1-26-5-2-6-28(23-26)25-42-47-33-24-34(48-17-21-55-22-18-48)45-41(44-33)57-20-16-27-10-12-29(13-11-27)43-35(50)9-4-19-56-32-8-3-7-30-37(32)40(54)49(39(30)53)31-14-15-36(51)46-38(31)52/h2-3,5-8,10-13,23-25,31H,4,9,14-22H2,1H3,(H,43,50)(H,44,45,47)(H,46,51,52)/b42-25+. The summed E-state index contributed by atoms with van der Waals surface area (Å²) in [7, 11) is 0. The van der Waals surface area contributed by atoms with E-state index in [9.17, 15) is 24.0 Å². The Bertz CT molecular complexity index is 2190. The fraction of sp³-hybridized carbons (Fsp3) is 0.317. The van der Waals surface area contributed by atoms with Crippen molar-refractivity contribution >= 4 is 53.1 Å². The molecule has 1 atom stereocenters. The van der Waals surface area contributed by atoms with Crippen LogP contribution in [0.4, 0.5) is 17.3 Å². The molecule has 0 aliphatic carbocycles. The fourth-order valence-corrected chi connectivity index (χ4v) is 6.67. The van der Waals surface area contributed by atoms with Gasteiger partial charge in [-0.25, -0.2) is 0 Å². The van der Waals surface area contributed by atoms with Crippen LogP contribution >= 0.6 is 0 Å². The van der Waals surface area contributed by atoms with Crippen LogP contribution in [0.25, 0.3) is 0 Å². The number of carbonyl (C=O) groups excluding carboxylic acids is 5. The SMILES string of the molecule is Cc1cccc(/C=N/Nc2cc(N3CCOCC3)nc(OCCc3ccc(NC(=O)CCCOc4cccc5c4C(=O)N(C4CCC(=O)NC4=O)C5=O)cc3)n2)c1. The maximum Gasteiger partial charge on any atom is 0.320 e. The van der Waals surface area contributed by atoms with Crippen LogP contribution in [-0.2, 0) is 25.5 Å². The minimum Gasteiger partial charge on any atom is -0.493 e. The molecule has 4 aromatic rings. The lowest BCUT2D eigenvalue weighted by Gasteiger charge is -2.28. The number of piperidine rings is 1.